The van der Waals surface area contributed by atoms with Crippen molar-refractivity contribution in [1.29, 1.82) is 0 Å². The van der Waals surface area contributed by atoms with Crippen molar-refractivity contribution in [3.63, 3.8) is 0 Å². The van der Waals surface area contributed by atoms with E-state index in [9.17, 15) is 22.4 Å². The first-order valence-electron chi connectivity index (χ1n) is 9.69. The van der Waals surface area contributed by atoms with E-state index in [1.54, 1.807) is 0 Å². The Hall–Kier alpha value is -2.54. The van der Waals surface area contributed by atoms with E-state index in [1.165, 1.54) is 55.6 Å². The molecule has 29 heavy (non-hydrogen) atoms. The molecule has 0 heterocycles. The lowest BCUT2D eigenvalue weighted by Crippen LogP contribution is -2.38. The Kier molecular flexibility index (Phi) is 6.47. The summed E-state index contributed by atoms with van der Waals surface area (Å²) in [6, 6.07) is 11.3. The monoisotopic (exact) mass is 417 g/mol. The Morgan fingerprint density at radius 2 is 1.69 bits per heavy atom. The van der Waals surface area contributed by atoms with Crippen LogP contribution in [0.15, 0.2) is 53.4 Å². The summed E-state index contributed by atoms with van der Waals surface area (Å²) in [4.78, 5) is 25.1. The maximum absolute atomic E-state index is 13.0. The Bertz CT molecular complexity index is 996. The number of amides is 1. The number of carbonyl (C=O) groups excluding carboxylic acids is 2. The van der Waals surface area contributed by atoms with Crippen LogP contribution in [-0.2, 0) is 21.2 Å². The lowest BCUT2D eigenvalue weighted by atomic mass is 9.89. The Morgan fingerprint density at radius 3 is 2.34 bits per heavy atom. The number of ketones is 1. The molecule has 3 rings (SSSR count). The minimum absolute atomic E-state index is 0.0284. The number of nitrogens with zero attached hydrogens (tertiary/aromatic N) is 1. The summed E-state index contributed by atoms with van der Waals surface area (Å²) in [5, 5.41) is 0. The van der Waals surface area contributed by atoms with Gasteiger partial charge in [0, 0.05) is 24.9 Å². The predicted molar refractivity (Wildman–Crippen MR) is 107 cm³/mol. The number of carbonyl (C=O) groups is 2. The Balaban J connectivity index is 1.78. The minimum atomic E-state index is -4.04. The highest BCUT2D eigenvalue weighted by Crippen LogP contribution is 2.27. The van der Waals surface area contributed by atoms with E-state index in [0.717, 1.165) is 23.6 Å². The molecule has 0 unspecified atom stereocenters. The van der Waals surface area contributed by atoms with Crippen molar-refractivity contribution < 1.29 is 22.4 Å². The number of rotatable bonds is 6. The average Bonchev–Trinajstić information content (AvgIpc) is 2.75. The van der Waals surface area contributed by atoms with Gasteiger partial charge < -0.3 is 0 Å². The van der Waals surface area contributed by atoms with Crippen LogP contribution in [0.4, 0.5) is 4.39 Å². The molecular formula is C22H24FNO4S. The summed E-state index contributed by atoms with van der Waals surface area (Å²) < 4.78 is 39.7. The summed E-state index contributed by atoms with van der Waals surface area (Å²) in [7, 11) is -2.76. The molecule has 0 aliphatic heterocycles. The van der Waals surface area contributed by atoms with E-state index in [2.05, 4.69) is 0 Å². The van der Waals surface area contributed by atoms with Gasteiger partial charge in [0.1, 0.15) is 5.82 Å². The van der Waals surface area contributed by atoms with Gasteiger partial charge in [-0.15, -0.1) is 0 Å². The van der Waals surface area contributed by atoms with Crippen LogP contribution in [0.25, 0.3) is 0 Å². The maximum Gasteiger partial charge on any atom is 0.266 e. The molecule has 0 radical (unpaired) electrons. The Morgan fingerprint density at radius 1 is 1.03 bits per heavy atom. The lowest BCUT2D eigenvalue weighted by molar-refractivity contribution is -0.130. The number of benzene rings is 2. The van der Waals surface area contributed by atoms with E-state index >= 15 is 0 Å². The number of Topliss-reactive ketones (excluding diaryl/α,β-unsaturated/α-hetero) is 1. The van der Waals surface area contributed by atoms with Crippen LogP contribution < -0.4 is 0 Å². The zero-order chi connectivity index (χ0) is 21.0. The van der Waals surface area contributed by atoms with Crippen LogP contribution in [0.1, 0.15) is 48.0 Å². The molecular weight excluding hydrogens is 393 g/mol. The third kappa shape index (κ3) is 4.90. The zero-order valence-corrected chi connectivity index (χ0v) is 17.1. The van der Waals surface area contributed by atoms with E-state index in [0.29, 0.717) is 18.4 Å². The molecule has 1 aliphatic carbocycles. The third-order valence-electron chi connectivity index (χ3n) is 5.36. The van der Waals surface area contributed by atoms with Gasteiger partial charge in [-0.3, -0.25) is 9.59 Å². The first kappa shape index (κ1) is 21.2. The van der Waals surface area contributed by atoms with Gasteiger partial charge >= 0.3 is 0 Å². The summed E-state index contributed by atoms with van der Waals surface area (Å²) in [5.74, 6) is -1.34. The maximum atomic E-state index is 13.0. The molecule has 0 bridgehead atoms. The molecule has 1 aliphatic rings. The molecule has 0 aromatic heterocycles. The molecule has 2 aromatic carbocycles. The SMILES string of the molecule is CN(C(=O)C1CCCCC1)S(=O)(=O)c1cccc(C(=O)Cc2ccc(F)cc2)c1. The van der Waals surface area contributed by atoms with Gasteiger partial charge in [-0.25, -0.2) is 17.1 Å². The number of hydrogen-bond donors (Lipinski definition) is 0. The van der Waals surface area contributed by atoms with Crippen LogP contribution in [0, 0.1) is 11.7 Å². The molecule has 1 fully saturated rings. The molecule has 1 amide bonds. The largest absolute Gasteiger partial charge is 0.294 e. The van der Waals surface area contributed by atoms with Crippen molar-refractivity contribution in [2.75, 3.05) is 7.05 Å². The van der Waals surface area contributed by atoms with Crippen molar-refractivity contribution in [3.8, 4) is 0 Å². The van der Waals surface area contributed by atoms with Gasteiger partial charge in [0.05, 0.1) is 4.90 Å². The van der Waals surface area contributed by atoms with E-state index in [-0.39, 0.29) is 34.4 Å². The van der Waals surface area contributed by atoms with Crippen LogP contribution in [0.3, 0.4) is 0 Å². The molecule has 0 saturated heterocycles. The fraction of sp³-hybridized carbons (Fsp3) is 0.364. The van der Waals surface area contributed by atoms with Crippen LogP contribution >= 0.6 is 0 Å². The highest BCUT2D eigenvalue weighted by Gasteiger charge is 2.32. The van der Waals surface area contributed by atoms with Crippen molar-refractivity contribution in [1.82, 2.24) is 4.31 Å². The van der Waals surface area contributed by atoms with Crippen LogP contribution in [-0.4, -0.2) is 31.5 Å². The van der Waals surface area contributed by atoms with Gasteiger partial charge in [-0.2, -0.15) is 0 Å². The second-order valence-electron chi connectivity index (χ2n) is 7.40. The van der Waals surface area contributed by atoms with Crippen molar-refractivity contribution in [2.24, 2.45) is 5.92 Å². The van der Waals surface area contributed by atoms with Gasteiger partial charge in [0.25, 0.3) is 10.0 Å². The smallest absolute Gasteiger partial charge is 0.266 e. The predicted octanol–water partition coefficient (Wildman–Crippen LogP) is 3.98. The minimum Gasteiger partial charge on any atom is -0.294 e. The lowest BCUT2D eigenvalue weighted by Gasteiger charge is -2.26. The Labute approximate surface area is 170 Å². The third-order valence-corrected chi connectivity index (χ3v) is 7.11. The van der Waals surface area contributed by atoms with Crippen molar-refractivity contribution in [2.45, 2.75) is 43.4 Å². The standard InChI is InChI=1S/C22H24FNO4S/c1-24(22(26)17-6-3-2-4-7-17)29(27,28)20-9-5-8-18(15-20)21(25)14-16-10-12-19(23)13-11-16/h5,8-13,15,17H,2-4,6-7,14H2,1H3. The molecule has 0 atom stereocenters. The summed E-state index contributed by atoms with van der Waals surface area (Å²) in [6.45, 7) is 0. The molecule has 5 nitrogen and oxygen atoms in total. The van der Waals surface area contributed by atoms with E-state index < -0.39 is 15.9 Å². The van der Waals surface area contributed by atoms with Gasteiger partial charge in [0.15, 0.2) is 5.78 Å². The van der Waals surface area contributed by atoms with Crippen LogP contribution in [0.5, 0.6) is 0 Å². The van der Waals surface area contributed by atoms with E-state index in [4.69, 9.17) is 0 Å². The molecule has 7 heteroatoms. The molecule has 0 N–H and O–H groups in total. The highest BCUT2D eigenvalue weighted by atomic mass is 32.2. The molecule has 0 spiro atoms. The fourth-order valence-corrected chi connectivity index (χ4v) is 4.83. The summed E-state index contributed by atoms with van der Waals surface area (Å²) in [5.41, 5.74) is 0.864. The second-order valence-corrected chi connectivity index (χ2v) is 9.37. The molecule has 1 saturated carbocycles. The quantitative estimate of drug-likeness (QED) is 0.667. The fourth-order valence-electron chi connectivity index (χ4n) is 3.60. The molecule has 2 aromatic rings. The van der Waals surface area contributed by atoms with Gasteiger partial charge in [-0.05, 0) is 42.7 Å². The average molecular weight is 418 g/mol. The topological polar surface area (TPSA) is 71.5 Å². The van der Waals surface area contributed by atoms with Gasteiger partial charge in [-0.1, -0.05) is 43.5 Å². The number of sulfonamides is 1. The highest BCUT2D eigenvalue weighted by molar-refractivity contribution is 7.89. The first-order valence-corrected chi connectivity index (χ1v) is 11.1. The van der Waals surface area contributed by atoms with E-state index in [1.807, 2.05) is 0 Å². The normalized spacial score (nSPS) is 15.1. The van der Waals surface area contributed by atoms with Crippen molar-refractivity contribution in [3.05, 3.63) is 65.5 Å². The van der Waals surface area contributed by atoms with Crippen molar-refractivity contribution >= 4 is 21.7 Å². The first-order chi connectivity index (χ1) is 13.8. The second kappa shape index (κ2) is 8.86. The number of hydrogen-bond acceptors (Lipinski definition) is 4. The number of halogens is 1. The summed E-state index contributed by atoms with van der Waals surface area (Å²) in [6.07, 6.45) is 4.36. The summed E-state index contributed by atoms with van der Waals surface area (Å²) >= 11 is 0. The zero-order valence-electron chi connectivity index (χ0n) is 16.3. The van der Waals surface area contributed by atoms with Crippen LogP contribution in [0.2, 0.25) is 0 Å². The molecule has 154 valence electrons. The van der Waals surface area contributed by atoms with Gasteiger partial charge in [0.2, 0.25) is 5.91 Å².